The standard InChI is InChI=1S/C40H66O7/c1-3-5-7-8-9-10-11-12-13-17-20-26-33-40(45)47-38(34-41)35-46-39(44)32-27-21-25-31-37(43)30-24-19-16-14-15-18-23-29-36(42)28-22-6-4-2/h6,15-16,18-19,22-25,29-31,36-38,41-43H,3-5,7-14,17,20-21,26-28,32-35H2,1-2H3/b18-15-,19-16-,22-6-,29-23+,30-24+,31-25-/t36-,37-,38+/m1/s1. The number of ether oxygens (including phenoxy) is 2. The maximum absolute atomic E-state index is 12.1. The fourth-order valence-corrected chi connectivity index (χ4v) is 4.65. The molecule has 268 valence electrons. The smallest absolute Gasteiger partial charge is 0.306 e. The van der Waals surface area contributed by atoms with E-state index >= 15 is 0 Å². The molecule has 0 amide bonds. The number of hydrogen-bond donors (Lipinski definition) is 3. The van der Waals surface area contributed by atoms with Crippen LogP contribution in [0.25, 0.3) is 0 Å². The van der Waals surface area contributed by atoms with Crippen molar-refractivity contribution in [1.82, 2.24) is 0 Å². The van der Waals surface area contributed by atoms with E-state index in [1.165, 1.54) is 57.8 Å². The molecular weight excluding hydrogens is 592 g/mol. The fourth-order valence-electron chi connectivity index (χ4n) is 4.65. The molecule has 7 heteroatoms. The maximum Gasteiger partial charge on any atom is 0.306 e. The molecule has 0 aliphatic heterocycles. The summed E-state index contributed by atoms with van der Waals surface area (Å²) in [6.07, 6.45) is 38.9. The topological polar surface area (TPSA) is 113 Å². The lowest BCUT2D eigenvalue weighted by Crippen LogP contribution is -2.28. The Bertz CT molecular complexity index is 916. The van der Waals surface area contributed by atoms with Crippen molar-refractivity contribution in [3.05, 3.63) is 72.9 Å². The third-order valence-corrected chi connectivity index (χ3v) is 7.44. The summed E-state index contributed by atoms with van der Waals surface area (Å²) in [6, 6.07) is 0. The van der Waals surface area contributed by atoms with Crippen LogP contribution in [0.5, 0.6) is 0 Å². The third kappa shape index (κ3) is 33.0. The van der Waals surface area contributed by atoms with Gasteiger partial charge in [0.2, 0.25) is 0 Å². The first-order chi connectivity index (χ1) is 22.9. The van der Waals surface area contributed by atoms with Crippen molar-refractivity contribution in [2.75, 3.05) is 13.2 Å². The van der Waals surface area contributed by atoms with Crippen molar-refractivity contribution in [3.8, 4) is 0 Å². The van der Waals surface area contributed by atoms with E-state index in [1.807, 2.05) is 48.6 Å². The Kier molecular flexibility index (Phi) is 32.6. The van der Waals surface area contributed by atoms with Crippen LogP contribution in [0, 0.1) is 0 Å². The van der Waals surface area contributed by atoms with E-state index in [9.17, 15) is 24.9 Å². The summed E-state index contributed by atoms with van der Waals surface area (Å²) in [5.41, 5.74) is 0. The number of allylic oxidation sites excluding steroid dienone is 8. The average Bonchev–Trinajstić information content (AvgIpc) is 3.06. The largest absolute Gasteiger partial charge is 0.462 e. The van der Waals surface area contributed by atoms with Crippen molar-refractivity contribution in [3.63, 3.8) is 0 Å². The summed E-state index contributed by atoms with van der Waals surface area (Å²) >= 11 is 0. The molecule has 0 aromatic rings. The molecule has 3 atom stereocenters. The zero-order chi connectivity index (χ0) is 34.6. The van der Waals surface area contributed by atoms with Crippen LogP contribution in [0.1, 0.15) is 136 Å². The molecule has 0 aromatic heterocycles. The zero-order valence-corrected chi connectivity index (χ0v) is 29.5. The highest BCUT2D eigenvalue weighted by Crippen LogP contribution is 2.13. The van der Waals surface area contributed by atoms with Gasteiger partial charge in [0.25, 0.3) is 0 Å². The van der Waals surface area contributed by atoms with Crippen molar-refractivity contribution < 1.29 is 34.4 Å². The Morgan fingerprint density at radius 3 is 1.85 bits per heavy atom. The van der Waals surface area contributed by atoms with Crippen LogP contribution >= 0.6 is 0 Å². The predicted molar refractivity (Wildman–Crippen MR) is 194 cm³/mol. The van der Waals surface area contributed by atoms with Crippen molar-refractivity contribution in [2.24, 2.45) is 0 Å². The van der Waals surface area contributed by atoms with E-state index in [0.29, 0.717) is 25.7 Å². The van der Waals surface area contributed by atoms with E-state index in [1.54, 1.807) is 24.3 Å². The lowest BCUT2D eigenvalue weighted by atomic mass is 10.0. The van der Waals surface area contributed by atoms with Gasteiger partial charge in [-0.15, -0.1) is 0 Å². The number of hydrogen-bond acceptors (Lipinski definition) is 7. The van der Waals surface area contributed by atoms with Gasteiger partial charge in [0.15, 0.2) is 6.10 Å². The van der Waals surface area contributed by atoms with Gasteiger partial charge in [0, 0.05) is 12.8 Å². The summed E-state index contributed by atoms with van der Waals surface area (Å²) in [7, 11) is 0. The molecule has 0 saturated carbocycles. The normalized spacial score (nSPS) is 14.4. The van der Waals surface area contributed by atoms with Gasteiger partial charge in [-0.1, -0.05) is 157 Å². The zero-order valence-electron chi connectivity index (χ0n) is 29.5. The summed E-state index contributed by atoms with van der Waals surface area (Å²) in [6.45, 7) is 3.76. The molecule has 0 spiro atoms. The van der Waals surface area contributed by atoms with Crippen LogP contribution in [0.4, 0.5) is 0 Å². The number of unbranched alkanes of at least 4 members (excludes halogenated alkanes) is 12. The second-order valence-corrected chi connectivity index (χ2v) is 12.0. The number of esters is 2. The molecule has 0 radical (unpaired) electrons. The highest BCUT2D eigenvalue weighted by Gasteiger charge is 2.16. The van der Waals surface area contributed by atoms with Crippen LogP contribution in [0.3, 0.4) is 0 Å². The highest BCUT2D eigenvalue weighted by atomic mass is 16.6. The Labute approximate surface area is 286 Å². The summed E-state index contributed by atoms with van der Waals surface area (Å²) in [5, 5.41) is 29.3. The lowest BCUT2D eigenvalue weighted by molar-refractivity contribution is -0.161. The van der Waals surface area contributed by atoms with Gasteiger partial charge in [-0.3, -0.25) is 9.59 Å². The number of carbonyl (C=O) groups excluding carboxylic acids is 2. The molecule has 0 rings (SSSR count). The molecule has 0 aliphatic carbocycles. The predicted octanol–water partition coefficient (Wildman–Crippen LogP) is 8.94. The lowest BCUT2D eigenvalue weighted by Gasteiger charge is -2.15. The fraction of sp³-hybridized carbons (Fsp3) is 0.650. The van der Waals surface area contributed by atoms with Crippen LogP contribution in [-0.4, -0.2) is 58.8 Å². The highest BCUT2D eigenvalue weighted by molar-refractivity contribution is 5.70. The molecule has 0 unspecified atom stereocenters. The van der Waals surface area contributed by atoms with Gasteiger partial charge in [-0.2, -0.15) is 0 Å². The first-order valence-electron chi connectivity index (χ1n) is 18.2. The van der Waals surface area contributed by atoms with Crippen LogP contribution in [0.2, 0.25) is 0 Å². The number of aliphatic hydroxyl groups is 3. The van der Waals surface area contributed by atoms with E-state index in [-0.39, 0.29) is 19.0 Å². The van der Waals surface area contributed by atoms with Crippen LogP contribution < -0.4 is 0 Å². The van der Waals surface area contributed by atoms with E-state index in [0.717, 1.165) is 32.1 Å². The summed E-state index contributed by atoms with van der Waals surface area (Å²) in [5.74, 6) is -0.780. The maximum atomic E-state index is 12.1. The molecule has 0 heterocycles. The quantitative estimate of drug-likeness (QED) is 0.0295. The second kappa shape index (κ2) is 34.6. The molecule has 3 N–H and O–H groups in total. The summed E-state index contributed by atoms with van der Waals surface area (Å²) < 4.78 is 10.5. The SMILES string of the molecule is CC/C=C\C[C@@H](O)/C=C/C=C\C/C=C\C=C\[C@@H](O)/C=C\CCCC(=O)OC[C@H](CO)OC(=O)CCCCCCCCCCCCCC. The van der Waals surface area contributed by atoms with Gasteiger partial charge >= 0.3 is 11.9 Å². The van der Waals surface area contributed by atoms with Crippen molar-refractivity contribution >= 4 is 11.9 Å². The molecular formula is C40H66O7. The Morgan fingerprint density at radius 1 is 0.638 bits per heavy atom. The Balaban J connectivity index is 3.90. The minimum absolute atomic E-state index is 0.154. The van der Waals surface area contributed by atoms with Crippen molar-refractivity contribution in [1.29, 1.82) is 0 Å². The van der Waals surface area contributed by atoms with Crippen LogP contribution in [0.15, 0.2) is 72.9 Å². The molecule has 0 aliphatic rings. The van der Waals surface area contributed by atoms with E-state index < -0.39 is 30.9 Å². The van der Waals surface area contributed by atoms with E-state index in [2.05, 4.69) is 13.8 Å². The Morgan fingerprint density at radius 2 is 1.23 bits per heavy atom. The minimum Gasteiger partial charge on any atom is -0.462 e. The minimum atomic E-state index is -0.843. The third-order valence-electron chi connectivity index (χ3n) is 7.44. The molecule has 7 nitrogen and oxygen atoms in total. The second-order valence-electron chi connectivity index (χ2n) is 12.0. The molecule has 0 fully saturated rings. The van der Waals surface area contributed by atoms with Gasteiger partial charge in [-0.25, -0.2) is 0 Å². The monoisotopic (exact) mass is 658 g/mol. The van der Waals surface area contributed by atoms with Crippen molar-refractivity contribution in [2.45, 2.75) is 154 Å². The average molecular weight is 659 g/mol. The first kappa shape index (κ1) is 44.3. The molecule has 0 aromatic carbocycles. The summed E-state index contributed by atoms with van der Waals surface area (Å²) in [4.78, 5) is 24.2. The van der Waals surface area contributed by atoms with E-state index in [4.69, 9.17) is 9.47 Å². The molecule has 47 heavy (non-hydrogen) atoms. The Hall–Kier alpha value is -2.74. The van der Waals surface area contributed by atoms with Gasteiger partial charge in [0.1, 0.15) is 6.61 Å². The molecule has 0 saturated heterocycles. The van der Waals surface area contributed by atoms with Gasteiger partial charge in [0.05, 0.1) is 18.8 Å². The number of rotatable bonds is 31. The number of aliphatic hydroxyl groups excluding tert-OH is 3. The van der Waals surface area contributed by atoms with Gasteiger partial charge in [-0.05, 0) is 38.5 Å². The number of carbonyl (C=O) groups is 2. The first-order valence-corrected chi connectivity index (χ1v) is 18.2. The molecule has 0 bridgehead atoms. The van der Waals surface area contributed by atoms with Gasteiger partial charge < -0.3 is 24.8 Å². The van der Waals surface area contributed by atoms with Crippen LogP contribution in [-0.2, 0) is 19.1 Å².